The fourth-order valence-corrected chi connectivity index (χ4v) is 10.2. The minimum absolute atomic E-state index is 0.0883. The summed E-state index contributed by atoms with van der Waals surface area (Å²) >= 11 is 4.19. The molecule has 0 aliphatic heterocycles. The number of hydrogen-bond donors (Lipinski definition) is 22. The first-order valence-corrected chi connectivity index (χ1v) is 32.8. The SMILES string of the molecule is CC(C)[C@H](NC(=O)[C@H](Cc1ccc(O)cc1)NC(=O)[C@H](Cc1c[nH]c2ccccc12)NC(=O)[C@@H](NC(=O)[C@H](CS)NC(=O)[C@H](CCC(N)=O)NC(=O)CNC(=O)[C@H](C)NC(=O)[C@@H](N)[C@@H](C)O)[C@@H](C)O)C(=O)N[C@@H](Cc1ccc(O)cc1)C(=O)N[C@@H](CC(=O)O)C(=O)N[C@@H](CCCCN)C(=O)O. The number of nitrogens with one attached hydrogen (secondary N) is 12. The van der Waals surface area contributed by atoms with Gasteiger partial charge in [0.15, 0.2) is 0 Å². The van der Waals surface area contributed by atoms with Crippen LogP contribution in [0, 0.1) is 5.92 Å². The van der Waals surface area contributed by atoms with E-state index in [9.17, 15) is 93.0 Å². The van der Waals surface area contributed by atoms with Crippen molar-refractivity contribution < 1.29 is 97.8 Å². The number of rotatable bonds is 42. The van der Waals surface area contributed by atoms with Crippen LogP contribution in [0.15, 0.2) is 79.0 Å². The number of hydrogen-bond acceptors (Lipinski definition) is 21. The van der Waals surface area contributed by atoms with Crippen LogP contribution in [-0.4, -0.2) is 216 Å². The Balaban J connectivity index is 1.65. The van der Waals surface area contributed by atoms with Crippen molar-refractivity contribution in [2.45, 2.75) is 171 Å². The molecule has 0 saturated carbocycles. The number of amides is 12. The second kappa shape index (κ2) is 40.6. The Morgan fingerprint density at radius 2 is 0.980 bits per heavy atom. The van der Waals surface area contributed by atoms with E-state index in [4.69, 9.17) is 17.2 Å². The topological polar surface area (TPSA) is 587 Å². The molecule has 3 aromatic carbocycles. The number of aromatic hydroxyl groups is 2. The highest BCUT2D eigenvalue weighted by atomic mass is 32.1. The number of fused-ring (bicyclic) bond motifs is 1. The molecule has 36 heteroatoms. The lowest BCUT2D eigenvalue weighted by molar-refractivity contribution is -0.144. The zero-order valence-electron chi connectivity index (χ0n) is 56.2. The summed E-state index contributed by atoms with van der Waals surface area (Å²) in [4.78, 5) is 192. The van der Waals surface area contributed by atoms with Crippen molar-refractivity contribution >= 4 is 106 Å². The van der Waals surface area contributed by atoms with Crippen LogP contribution in [-0.2, 0) is 86.4 Å². The number of aliphatic hydroxyl groups excluding tert-OH is 2. The van der Waals surface area contributed by atoms with E-state index in [0.29, 0.717) is 34.0 Å². The molecule has 0 radical (unpaired) electrons. The Kier molecular flexibility index (Phi) is 33.4. The van der Waals surface area contributed by atoms with Crippen LogP contribution < -0.4 is 75.7 Å². The Hall–Kier alpha value is -10.4. The quantitative estimate of drug-likeness (QED) is 0.0146. The van der Waals surface area contributed by atoms with Gasteiger partial charge in [0.05, 0.1) is 25.2 Å². The molecule has 4 aromatic rings. The van der Waals surface area contributed by atoms with E-state index in [1.54, 1.807) is 30.5 Å². The third-order valence-electron chi connectivity index (χ3n) is 15.8. The van der Waals surface area contributed by atoms with Crippen molar-refractivity contribution in [1.82, 2.24) is 63.5 Å². The molecule has 24 N–H and O–H groups in total. The number of phenolic OH excluding ortho intramolecular Hbond substituents is 2. The van der Waals surface area contributed by atoms with E-state index < -0.39 is 199 Å². The van der Waals surface area contributed by atoms with Crippen molar-refractivity contribution in [2.24, 2.45) is 23.1 Å². The highest BCUT2D eigenvalue weighted by molar-refractivity contribution is 7.80. The van der Waals surface area contributed by atoms with Crippen LogP contribution >= 0.6 is 12.6 Å². The lowest BCUT2D eigenvalue weighted by Crippen LogP contribution is -2.63. The van der Waals surface area contributed by atoms with Gasteiger partial charge in [-0.15, -0.1) is 0 Å². The van der Waals surface area contributed by atoms with Crippen LogP contribution in [0.25, 0.3) is 10.9 Å². The summed E-state index contributed by atoms with van der Waals surface area (Å²) in [5.74, 6) is -17.1. The van der Waals surface area contributed by atoms with Gasteiger partial charge in [-0.05, 0) is 106 Å². The molecule has 1 heterocycles. The normalized spacial score (nSPS) is 15.0. The molecular formula is C65H91N15O20S. The van der Waals surface area contributed by atoms with Crippen molar-refractivity contribution in [1.29, 1.82) is 0 Å². The second-order valence-corrected chi connectivity index (χ2v) is 24.7. The Morgan fingerprint density at radius 1 is 0.505 bits per heavy atom. The first-order chi connectivity index (χ1) is 47.6. The summed E-state index contributed by atoms with van der Waals surface area (Å²) < 4.78 is 0. The number of unbranched alkanes of at least 4 members (excludes halogenated alkanes) is 1. The van der Waals surface area contributed by atoms with Crippen LogP contribution in [0.3, 0.4) is 0 Å². The average Bonchev–Trinajstić information content (AvgIpc) is 1.72. The van der Waals surface area contributed by atoms with Crippen LogP contribution in [0.2, 0.25) is 0 Å². The number of primary amides is 1. The van der Waals surface area contributed by atoms with Crippen LogP contribution in [0.5, 0.6) is 11.5 Å². The number of carbonyl (C=O) groups excluding carboxylic acids is 12. The van der Waals surface area contributed by atoms with Crippen molar-refractivity contribution in [3.63, 3.8) is 0 Å². The molecule has 35 nitrogen and oxygen atoms in total. The number of aromatic amines is 1. The van der Waals surface area contributed by atoms with Gasteiger partial charge in [-0.2, -0.15) is 12.6 Å². The van der Waals surface area contributed by atoms with Gasteiger partial charge in [-0.1, -0.05) is 56.3 Å². The summed E-state index contributed by atoms with van der Waals surface area (Å²) in [5, 5.41) is 87.6. The van der Waals surface area contributed by atoms with Gasteiger partial charge in [0, 0.05) is 48.5 Å². The Bertz CT molecular complexity index is 3560. The third-order valence-corrected chi connectivity index (χ3v) is 16.1. The molecule has 0 fully saturated rings. The number of phenols is 2. The molecule has 1 aromatic heterocycles. The molecule has 0 aliphatic carbocycles. The molecule has 0 unspecified atom stereocenters. The van der Waals surface area contributed by atoms with Gasteiger partial charge in [-0.25, -0.2) is 4.79 Å². The van der Waals surface area contributed by atoms with E-state index in [2.05, 4.69) is 76.1 Å². The molecule has 0 spiro atoms. The Morgan fingerprint density at radius 3 is 1.50 bits per heavy atom. The van der Waals surface area contributed by atoms with E-state index in [1.165, 1.54) is 76.2 Å². The lowest BCUT2D eigenvalue weighted by Gasteiger charge is -2.29. The molecule has 13 atom stereocenters. The third kappa shape index (κ3) is 27.3. The number of aromatic nitrogens is 1. The zero-order valence-corrected chi connectivity index (χ0v) is 57.0. The van der Waals surface area contributed by atoms with Gasteiger partial charge >= 0.3 is 11.9 Å². The van der Waals surface area contributed by atoms with Crippen molar-refractivity contribution in [3.05, 3.63) is 95.7 Å². The van der Waals surface area contributed by atoms with Gasteiger partial charge in [0.1, 0.15) is 78.0 Å². The van der Waals surface area contributed by atoms with Crippen molar-refractivity contribution in [3.8, 4) is 11.5 Å². The smallest absolute Gasteiger partial charge is 0.326 e. The number of nitrogens with two attached hydrogens (primary N) is 3. The maximum absolute atomic E-state index is 15.0. The van der Waals surface area contributed by atoms with E-state index in [-0.39, 0.29) is 50.1 Å². The summed E-state index contributed by atoms with van der Waals surface area (Å²) in [6.45, 7) is 6.12. The molecule has 12 amide bonds. The number of benzene rings is 3. The van der Waals surface area contributed by atoms with Crippen LogP contribution in [0.4, 0.5) is 0 Å². The molecule has 0 saturated heterocycles. The fourth-order valence-electron chi connectivity index (χ4n) is 9.99. The maximum Gasteiger partial charge on any atom is 0.326 e. The highest BCUT2D eigenvalue weighted by Crippen LogP contribution is 2.21. The highest BCUT2D eigenvalue weighted by Gasteiger charge is 2.38. The summed E-state index contributed by atoms with van der Waals surface area (Å²) in [5.41, 5.74) is 18.2. The first-order valence-electron chi connectivity index (χ1n) is 32.2. The number of carboxylic acids is 2. The number of carboxylic acid groups (broad SMARTS) is 2. The minimum Gasteiger partial charge on any atom is -0.508 e. The number of para-hydroxylation sites is 1. The number of H-pyrrole nitrogens is 1. The molecule has 0 bridgehead atoms. The van der Waals surface area contributed by atoms with Crippen LogP contribution in [0.1, 0.15) is 89.8 Å². The molecule has 101 heavy (non-hydrogen) atoms. The first kappa shape index (κ1) is 83.0. The average molecular weight is 1430 g/mol. The number of aliphatic hydroxyl groups is 2. The lowest BCUT2D eigenvalue weighted by atomic mass is 9.98. The summed E-state index contributed by atoms with van der Waals surface area (Å²) in [6.07, 6.45) is -3.88. The molecule has 552 valence electrons. The zero-order chi connectivity index (χ0) is 75.4. The largest absolute Gasteiger partial charge is 0.508 e. The van der Waals surface area contributed by atoms with Gasteiger partial charge in [0.2, 0.25) is 70.9 Å². The van der Waals surface area contributed by atoms with E-state index >= 15 is 4.79 Å². The monoisotopic (exact) mass is 1430 g/mol. The number of thiol groups is 1. The number of carbonyl (C=O) groups is 14. The fraction of sp³-hybridized carbons (Fsp3) is 0.477. The molecular weight excluding hydrogens is 1340 g/mol. The van der Waals surface area contributed by atoms with E-state index in [1.807, 2.05) is 0 Å². The number of aliphatic carboxylic acids is 2. The Labute approximate surface area is 585 Å². The maximum atomic E-state index is 15.0. The standard InChI is InChI=1S/C65H91N15O20S/c1-31(2)53(63(97)76-44(24-35-13-17-38(83)18-14-35)57(91)75-47(27-51(87)88)59(93)73-43(65(99)100)12-8-9-23-66)79-60(94)45(25-36-15-19-39(84)20-16-36)74-58(92)46(26-37-28-69-41-11-7-6-10-40(37)41)77-64(98)54(34(5)82)80-61(95)48(30-101)78-56(90)42(21-22-49(67)85)72-50(86)29-70-55(89)32(3)71-62(96)52(68)33(4)81/h6-7,10-11,13-20,28,31-34,42-48,52-54,69,81-84,101H,8-9,12,21-27,29-30,66,68H2,1-5H3,(H2,67,85)(H,70,89)(H,71,96)(H,72,86)(H,73,93)(H,74,92)(H,75,91)(H,76,97)(H,77,98)(H,78,90)(H,79,94)(H,80,95)(H,87,88)(H,99,100)/t32-,33+,34+,42-,43-,44-,45-,46-,47-,48-,52-,53-,54-/m0/s1. The van der Waals surface area contributed by atoms with Crippen molar-refractivity contribution in [2.75, 3.05) is 18.8 Å². The van der Waals surface area contributed by atoms with Gasteiger partial charge in [0.25, 0.3) is 0 Å². The second-order valence-electron chi connectivity index (χ2n) is 24.4. The summed E-state index contributed by atoms with van der Waals surface area (Å²) in [6, 6.07) is -0.114. The predicted octanol–water partition coefficient (Wildman–Crippen LogP) is -4.78. The van der Waals surface area contributed by atoms with Gasteiger partial charge < -0.3 is 111 Å². The summed E-state index contributed by atoms with van der Waals surface area (Å²) in [7, 11) is 0. The van der Waals surface area contributed by atoms with E-state index in [0.717, 1.165) is 6.92 Å². The molecule has 4 rings (SSSR count). The minimum atomic E-state index is -1.92. The van der Waals surface area contributed by atoms with Gasteiger partial charge in [-0.3, -0.25) is 62.3 Å². The predicted molar refractivity (Wildman–Crippen MR) is 365 cm³/mol. The molecule has 0 aliphatic rings.